The normalized spacial score (nSPS) is 15.0. The van der Waals surface area contributed by atoms with Crippen molar-refractivity contribution >= 4 is 46.7 Å². The summed E-state index contributed by atoms with van der Waals surface area (Å²) >= 11 is 9.06. The second-order valence-electron chi connectivity index (χ2n) is 9.57. The van der Waals surface area contributed by atoms with Gasteiger partial charge in [0.05, 0.1) is 34.6 Å². The molecule has 6 rings (SSSR count). The minimum atomic E-state index is -0.672. The summed E-state index contributed by atoms with van der Waals surface area (Å²) < 4.78 is 8.99. The quantitative estimate of drug-likeness (QED) is 0.183. The second kappa shape index (κ2) is 11.6. The Morgan fingerprint density at radius 2 is 1.76 bits per heavy atom. The van der Waals surface area contributed by atoms with Crippen LogP contribution in [0.25, 0.3) is 23.0 Å². The van der Waals surface area contributed by atoms with Crippen molar-refractivity contribution < 1.29 is 9.53 Å². The fraction of sp³-hybridized carbons (Fsp3) is 0.125. The van der Waals surface area contributed by atoms with Gasteiger partial charge in [-0.05, 0) is 61.2 Å². The molecule has 2 aromatic heterocycles. The molecule has 0 spiro atoms. The number of aromatic nitrogens is 3. The lowest BCUT2D eigenvalue weighted by atomic mass is 9.96. The van der Waals surface area contributed by atoms with E-state index in [0.717, 1.165) is 27.3 Å². The molecule has 1 atom stereocenters. The van der Waals surface area contributed by atoms with Gasteiger partial charge in [0.25, 0.3) is 5.56 Å². The Hall–Kier alpha value is -4.18. The number of hydrogen-bond donors (Lipinski definition) is 0. The zero-order valence-electron chi connectivity index (χ0n) is 22.9. The molecule has 10 heteroatoms. The monoisotopic (exact) mass is 612 g/mol. The minimum Gasteiger partial charge on any atom is -0.466 e. The number of para-hydroxylation sites is 1. The zero-order valence-corrected chi connectivity index (χ0v) is 25.3. The van der Waals surface area contributed by atoms with Gasteiger partial charge in [0, 0.05) is 27.2 Å². The Balaban J connectivity index is 1.56. The molecule has 0 aliphatic carbocycles. The van der Waals surface area contributed by atoms with Crippen LogP contribution in [0.3, 0.4) is 0 Å². The highest BCUT2D eigenvalue weighted by atomic mass is 35.5. The van der Waals surface area contributed by atoms with E-state index in [9.17, 15) is 9.59 Å². The third kappa shape index (κ3) is 5.15. The third-order valence-electron chi connectivity index (χ3n) is 7.03. The van der Waals surface area contributed by atoms with Crippen LogP contribution in [0.2, 0.25) is 5.02 Å². The Morgan fingerprint density at radius 3 is 2.43 bits per heavy atom. The van der Waals surface area contributed by atoms with E-state index in [-0.39, 0.29) is 5.56 Å². The van der Waals surface area contributed by atoms with Crippen LogP contribution < -0.4 is 14.9 Å². The number of nitrogens with zero attached hydrogens (tertiary/aromatic N) is 4. The summed E-state index contributed by atoms with van der Waals surface area (Å²) in [6, 6.07) is 24.4. The summed E-state index contributed by atoms with van der Waals surface area (Å²) in [5.74, 6) is -0.515. The molecule has 3 heterocycles. The molecule has 1 aliphatic heterocycles. The second-order valence-corrected chi connectivity index (χ2v) is 11.9. The van der Waals surface area contributed by atoms with E-state index in [0.29, 0.717) is 31.3 Å². The predicted molar refractivity (Wildman–Crippen MR) is 168 cm³/mol. The Labute approximate surface area is 255 Å². The van der Waals surface area contributed by atoms with Gasteiger partial charge in [-0.15, -0.1) is 11.8 Å². The number of carbonyl (C=O) groups excluding carboxylic acids is 1. The molecule has 0 amide bonds. The van der Waals surface area contributed by atoms with Gasteiger partial charge in [-0.3, -0.25) is 9.36 Å². The first kappa shape index (κ1) is 28.0. The number of benzene rings is 3. The van der Waals surface area contributed by atoms with E-state index >= 15 is 0 Å². The lowest BCUT2D eigenvalue weighted by Gasteiger charge is -2.24. The number of halogens is 1. The number of carbonyl (C=O) groups is 1. The van der Waals surface area contributed by atoms with Crippen LogP contribution in [0.1, 0.15) is 24.1 Å². The molecule has 0 N–H and O–H groups in total. The van der Waals surface area contributed by atoms with Crippen LogP contribution in [-0.2, 0) is 9.53 Å². The number of rotatable bonds is 6. The van der Waals surface area contributed by atoms with Gasteiger partial charge in [0.15, 0.2) is 4.80 Å². The van der Waals surface area contributed by atoms with Crippen molar-refractivity contribution in [2.45, 2.75) is 17.9 Å². The number of thiazole rings is 1. The summed E-state index contributed by atoms with van der Waals surface area (Å²) in [4.78, 5) is 33.4. The smallest absolute Gasteiger partial charge is 0.338 e. The molecular formula is C32H25ClN4O3S2. The minimum absolute atomic E-state index is 0.249. The highest BCUT2D eigenvalue weighted by molar-refractivity contribution is 7.98. The van der Waals surface area contributed by atoms with Crippen LogP contribution in [0.15, 0.2) is 111 Å². The molecule has 0 radical (unpaired) electrons. The van der Waals surface area contributed by atoms with Crippen LogP contribution >= 0.6 is 34.7 Å². The van der Waals surface area contributed by atoms with Gasteiger partial charge < -0.3 is 4.74 Å². The van der Waals surface area contributed by atoms with Crippen molar-refractivity contribution in [2.24, 2.45) is 4.99 Å². The van der Waals surface area contributed by atoms with Crippen LogP contribution in [0.5, 0.6) is 0 Å². The molecule has 5 aromatic rings. The van der Waals surface area contributed by atoms with Gasteiger partial charge >= 0.3 is 5.97 Å². The zero-order chi connectivity index (χ0) is 29.4. The van der Waals surface area contributed by atoms with E-state index in [1.54, 1.807) is 27.9 Å². The van der Waals surface area contributed by atoms with Crippen LogP contribution in [-0.4, -0.2) is 33.7 Å². The molecule has 3 aromatic carbocycles. The lowest BCUT2D eigenvalue weighted by molar-refractivity contribution is -0.136. The Kier molecular flexibility index (Phi) is 7.72. The van der Waals surface area contributed by atoms with E-state index in [1.165, 1.54) is 18.4 Å². The average molecular weight is 613 g/mol. The average Bonchev–Trinajstić information content (AvgIpc) is 3.57. The maximum absolute atomic E-state index is 14.1. The van der Waals surface area contributed by atoms with Gasteiger partial charge in [-0.2, -0.15) is 5.10 Å². The number of allylic oxidation sites excluding steroid dienone is 1. The summed E-state index contributed by atoms with van der Waals surface area (Å²) in [7, 11) is 1.34. The van der Waals surface area contributed by atoms with E-state index < -0.39 is 12.0 Å². The standard InChI is InChI=1S/C32H25ClN4O3S2/c1-19-27(31(39)40-2)29(21-11-15-25(41-3)16-12-21)37-30(38)26(42-32(37)34-19)17-22-18-36(24-7-5-4-6-8-24)35-28(22)20-9-13-23(33)14-10-20/h4-18,29H,1-3H3. The van der Waals surface area contributed by atoms with Gasteiger partial charge in [-0.1, -0.05) is 65.4 Å². The molecule has 1 unspecified atom stereocenters. The fourth-order valence-electron chi connectivity index (χ4n) is 4.97. The highest BCUT2D eigenvalue weighted by Crippen LogP contribution is 2.32. The molecule has 0 fully saturated rings. The largest absolute Gasteiger partial charge is 0.466 e. The van der Waals surface area contributed by atoms with Gasteiger partial charge in [0.1, 0.15) is 5.69 Å². The summed E-state index contributed by atoms with van der Waals surface area (Å²) in [5, 5.41) is 5.49. The molecular weight excluding hydrogens is 588 g/mol. The van der Waals surface area contributed by atoms with Crippen molar-refractivity contribution in [3.05, 3.63) is 132 Å². The molecule has 210 valence electrons. The molecule has 0 saturated heterocycles. The molecule has 0 saturated carbocycles. The first-order valence-corrected chi connectivity index (χ1v) is 15.5. The maximum Gasteiger partial charge on any atom is 0.338 e. The fourth-order valence-corrected chi connectivity index (χ4v) is 6.55. The molecule has 42 heavy (non-hydrogen) atoms. The van der Waals surface area contributed by atoms with Crippen molar-refractivity contribution in [1.29, 1.82) is 0 Å². The number of thioether (sulfide) groups is 1. The molecule has 0 bridgehead atoms. The van der Waals surface area contributed by atoms with Crippen molar-refractivity contribution in [2.75, 3.05) is 13.4 Å². The Bertz CT molecular complexity index is 2010. The predicted octanol–water partition coefficient (Wildman–Crippen LogP) is 5.64. The number of ether oxygens (including phenoxy) is 1. The maximum atomic E-state index is 14.1. The Morgan fingerprint density at radius 1 is 1.05 bits per heavy atom. The topological polar surface area (TPSA) is 78.5 Å². The first-order chi connectivity index (χ1) is 20.4. The highest BCUT2D eigenvalue weighted by Gasteiger charge is 2.33. The third-order valence-corrected chi connectivity index (χ3v) is 9.00. The lowest BCUT2D eigenvalue weighted by Crippen LogP contribution is -2.39. The van der Waals surface area contributed by atoms with Crippen molar-refractivity contribution in [3.8, 4) is 16.9 Å². The summed E-state index contributed by atoms with van der Waals surface area (Å²) in [5.41, 5.74) is 4.63. The number of methoxy groups -OCH3 is 1. The van der Waals surface area contributed by atoms with Crippen LogP contribution in [0.4, 0.5) is 0 Å². The number of hydrogen-bond acceptors (Lipinski definition) is 7. The number of fused-ring (bicyclic) bond motifs is 1. The van der Waals surface area contributed by atoms with E-state index in [4.69, 9.17) is 21.4 Å². The van der Waals surface area contributed by atoms with Crippen molar-refractivity contribution in [1.82, 2.24) is 14.3 Å². The number of esters is 1. The van der Waals surface area contributed by atoms with Gasteiger partial charge in [0.2, 0.25) is 0 Å². The summed E-state index contributed by atoms with van der Waals surface area (Å²) in [6.07, 6.45) is 5.74. The van der Waals surface area contributed by atoms with Gasteiger partial charge in [-0.25, -0.2) is 14.5 Å². The molecule has 1 aliphatic rings. The first-order valence-electron chi connectivity index (χ1n) is 13.0. The van der Waals surface area contributed by atoms with Crippen molar-refractivity contribution in [3.63, 3.8) is 0 Å². The SMILES string of the molecule is COC(=O)C1=C(C)N=c2sc(=Cc3cn(-c4ccccc4)nc3-c3ccc(Cl)cc3)c(=O)n2C1c1ccc(SC)cc1. The molecule has 7 nitrogen and oxygen atoms in total. The summed E-state index contributed by atoms with van der Waals surface area (Å²) in [6.45, 7) is 1.77. The van der Waals surface area contributed by atoms with E-state index in [1.807, 2.05) is 97.4 Å². The van der Waals surface area contributed by atoms with Crippen LogP contribution in [0, 0.1) is 0 Å². The van der Waals surface area contributed by atoms with E-state index in [2.05, 4.69) is 4.99 Å².